The van der Waals surface area contributed by atoms with Crippen molar-refractivity contribution in [2.24, 2.45) is 0 Å². The number of hydrogen-bond donors (Lipinski definition) is 5. The predicted molar refractivity (Wildman–Crippen MR) is 123 cm³/mol. The quantitative estimate of drug-likeness (QED) is 0.293. The number of rotatable bonds is 10. The van der Waals surface area contributed by atoms with Gasteiger partial charge in [-0.1, -0.05) is 13.3 Å². The minimum absolute atomic E-state index is 0.0286. The zero-order valence-corrected chi connectivity index (χ0v) is 20.0. The lowest BCUT2D eigenvalue weighted by Crippen LogP contribution is -2.55. The molecule has 0 saturated carbocycles. The molecule has 1 spiro atoms. The molecule has 0 aliphatic carbocycles. The van der Waals surface area contributed by atoms with Crippen LogP contribution in [0.25, 0.3) is 0 Å². The number of aliphatic hydroxyl groups excluding tert-OH is 1. The highest BCUT2D eigenvalue weighted by Gasteiger charge is 2.44. The summed E-state index contributed by atoms with van der Waals surface area (Å²) in [5.74, 6) is 0.513. The maximum atomic E-state index is 12.8. The molecule has 0 aromatic heterocycles. The van der Waals surface area contributed by atoms with Crippen LogP contribution in [0.1, 0.15) is 46.5 Å². The standard InChI is InChI=1S/C20H34N4O5S2/c1-4-6-14(17(27)19(29)21-10-16(26)23-12(2)13(3)25)24-18(28)15-9-20(11-22-15)30-7-5-8-31-20/h12,14-15,17,22,27H,4-11H2,1-3H3,(H,21,29)(H,23,26)(H,24,28)/t12-,14?,15-,17?/m0/s1. The first-order valence-electron chi connectivity index (χ1n) is 10.7. The third-order valence-electron chi connectivity index (χ3n) is 5.46. The SMILES string of the molecule is CCCC(NC(=O)[C@@H]1CC2(CN1)SCCCS2)C(O)C(=O)NCC(=O)N[C@@H](C)C(C)=O. The number of nitrogens with one attached hydrogen (secondary N) is 4. The van der Waals surface area contributed by atoms with Crippen molar-refractivity contribution < 1.29 is 24.3 Å². The smallest absolute Gasteiger partial charge is 0.251 e. The number of aliphatic hydroxyl groups is 1. The van der Waals surface area contributed by atoms with Crippen molar-refractivity contribution in [1.82, 2.24) is 21.3 Å². The Bertz CT molecular complexity index is 672. The Hall–Kier alpha value is -1.30. The number of amides is 3. The monoisotopic (exact) mass is 474 g/mol. The van der Waals surface area contributed by atoms with Crippen molar-refractivity contribution in [2.75, 3.05) is 24.6 Å². The van der Waals surface area contributed by atoms with E-state index in [1.165, 1.54) is 13.3 Å². The Balaban J connectivity index is 1.85. The fraction of sp³-hybridized carbons (Fsp3) is 0.800. The van der Waals surface area contributed by atoms with Gasteiger partial charge >= 0.3 is 0 Å². The summed E-state index contributed by atoms with van der Waals surface area (Å²) in [5, 5.41) is 21.4. The summed E-state index contributed by atoms with van der Waals surface area (Å²) in [6.07, 6.45) is 1.51. The van der Waals surface area contributed by atoms with Crippen LogP contribution in [0.3, 0.4) is 0 Å². The van der Waals surface area contributed by atoms with E-state index < -0.39 is 30.0 Å². The molecule has 2 rings (SSSR count). The summed E-state index contributed by atoms with van der Waals surface area (Å²) in [7, 11) is 0. The molecule has 2 saturated heterocycles. The molecular weight excluding hydrogens is 440 g/mol. The summed E-state index contributed by atoms with van der Waals surface area (Å²) in [5.41, 5.74) is 0. The van der Waals surface area contributed by atoms with Crippen LogP contribution >= 0.6 is 23.5 Å². The molecule has 5 N–H and O–H groups in total. The molecule has 4 atom stereocenters. The van der Waals surface area contributed by atoms with E-state index >= 15 is 0 Å². The Morgan fingerprint density at radius 2 is 1.87 bits per heavy atom. The molecule has 0 radical (unpaired) electrons. The lowest BCUT2D eigenvalue weighted by Gasteiger charge is -2.31. The Labute approximate surface area is 192 Å². The molecule has 2 aliphatic heterocycles. The molecule has 0 aromatic rings. The van der Waals surface area contributed by atoms with E-state index in [1.807, 2.05) is 30.4 Å². The first-order chi connectivity index (χ1) is 14.7. The lowest BCUT2D eigenvalue weighted by atomic mass is 10.0. The second kappa shape index (κ2) is 12.1. The Morgan fingerprint density at radius 1 is 1.19 bits per heavy atom. The number of Topliss-reactive ketones (excluding diaryl/α,β-unsaturated/α-hetero) is 1. The molecule has 3 amide bonds. The molecule has 0 bridgehead atoms. The highest BCUT2D eigenvalue weighted by molar-refractivity contribution is 8.18. The molecule has 2 unspecified atom stereocenters. The molecule has 0 aromatic carbocycles. The molecule has 11 heteroatoms. The summed E-state index contributed by atoms with van der Waals surface area (Å²) < 4.78 is 0.0286. The van der Waals surface area contributed by atoms with Gasteiger partial charge in [-0.25, -0.2) is 0 Å². The van der Waals surface area contributed by atoms with Gasteiger partial charge in [0.15, 0.2) is 11.9 Å². The van der Waals surface area contributed by atoms with E-state index in [9.17, 15) is 24.3 Å². The third kappa shape index (κ3) is 7.65. The molecule has 2 heterocycles. The van der Waals surface area contributed by atoms with Gasteiger partial charge < -0.3 is 26.4 Å². The minimum Gasteiger partial charge on any atom is -0.381 e. The van der Waals surface area contributed by atoms with Gasteiger partial charge in [0.1, 0.15) is 0 Å². The van der Waals surface area contributed by atoms with E-state index in [1.54, 1.807) is 6.92 Å². The average molecular weight is 475 g/mol. The van der Waals surface area contributed by atoms with Crippen LogP contribution in [0.5, 0.6) is 0 Å². The van der Waals surface area contributed by atoms with Crippen molar-refractivity contribution in [3.8, 4) is 0 Å². The van der Waals surface area contributed by atoms with Crippen LogP contribution in [0, 0.1) is 0 Å². The van der Waals surface area contributed by atoms with Crippen molar-refractivity contribution >= 4 is 47.0 Å². The van der Waals surface area contributed by atoms with Crippen LogP contribution in [-0.2, 0) is 19.2 Å². The summed E-state index contributed by atoms with van der Waals surface area (Å²) in [6.45, 7) is 5.21. The molecule has 2 fully saturated rings. The summed E-state index contributed by atoms with van der Waals surface area (Å²) in [4.78, 5) is 48.2. The van der Waals surface area contributed by atoms with Crippen molar-refractivity contribution in [3.05, 3.63) is 0 Å². The fourth-order valence-corrected chi connectivity index (χ4v) is 6.79. The van der Waals surface area contributed by atoms with Gasteiger partial charge in [0.25, 0.3) is 5.91 Å². The zero-order valence-electron chi connectivity index (χ0n) is 18.4. The van der Waals surface area contributed by atoms with E-state index in [-0.39, 0.29) is 28.4 Å². The topological polar surface area (TPSA) is 137 Å². The fourth-order valence-electron chi connectivity index (χ4n) is 3.51. The van der Waals surface area contributed by atoms with Crippen LogP contribution in [-0.4, -0.2) is 81.5 Å². The minimum atomic E-state index is -1.48. The van der Waals surface area contributed by atoms with Crippen molar-refractivity contribution in [1.29, 1.82) is 0 Å². The van der Waals surface area contributed by atoms with Crippen LogP contribution in [0.15, 0.2) is 0 Å². The largest absolute Gasteiger partial charge is 0.381 e. The van der Waals surface area contributed by atoms with Gasteiger partial charge in [0.2, 0.25) is 11.8 Å². The third-order valence-corrected chi connectivity index (χ3v) is 8.82. The number of carbonyl (C=O) groups excluding carboxylic acids is 4. The molecule has 9 nitrogen and oxygen atoms in total. The van der Waals surface area contributed by atoms with Gasteiger partial charge in [-0.05, 0) is 44.6 Å². The number of ketones is 1. The normalized spacial score (nSPS) is 22.9. The van der Waals surface area contributed by atoms with E-state index in [4.69, 9.17) is 0 Å². The van der Waals surface area contributed by atoms with E-state index in [0.29, 0.717) is 19.3 Å². The van der Waals surface area contributed by atoms with Crippen molar-refractivity contribution in [3.63, 3.8) is 0 Å². The summed E-state index contributed by atoms with van der Waals surface area (Å²) in [6, 6.07) is -1.75. The number of hydrogen-bond acceptors (Lipinski definition) is 8. The Kier molecular flexibility index (Phi) is 10.1. The van der Waals surface area contributed by atoms with Gasteiger partial charge in [-0.2, -0.15) is 0 Å². The molecule has 2 aliphatic rings. The maximum Gasteiger partial charge on any atom is 0.251 e. The van der Waals surface area contributed by atoms with Gasteiger partial charge in [-0.3, -0.25) is 19.2 Å². The zero-order chi connectivity index (χ0) is 23.0. The predicted octanol–water partition coefficient (Wildman–Crippen LogP) is -0.230. The van der Waals surface area contributed by atoms with Crippen molar-refractivity contribution in [2.45, 2.75) is 74.8 Å². The number of thioether (sulfide) groups is 2. The molecule has 176 valence electrons. The Morgan fingerprint density at radius 3 is 2.48 bits per heavy atom. The van der Waals surface area contributed by atoms with Gasteiger partial charge in [-0.15, -0.1) is 23.5 Å². The average Bonchev–Trinajstić information content (AvgIpc) is 3.14. The lowest BCUT2D eigenvalue weighted by molar-refractivity contribution is -0.134. The summed E-state index contributed by atoms with van der Waals surface area (Å²) >= 11 is 3.80. The molecule has 31 heavy (non-hydrogen) atoms. The van der Waals surface area contributed by atoms with Gasteiger partial charge in [0, 0.05) is 6.54 Å². The molecular formula is C20H34N4O5S2. The van der Waals surface area contributed by atoms with E-state index in [2.05, 4.69) is 21.3 Å². The first-order valence-corrected chi connectivity index (χ1v) is 12.7. The van der Waals surface area contributed by atoms with Gasteiger partial charge in [0.05, 0.1) is 28.7 Å². The second-order valence-electron chi connectivity index (χ2n) is 8.07. The van der Waals surface area contributed by atoms with Crippen LogP contribution in [0.4, 0.5) is 0 Å². The number of carbonyl (C=O) groups is 4. The first kappa shape index (κ1) is 26.0. The highest BCUT2D eigenvalue weighted by atomic mass is 32.2. The van der Waals surface area contributed by atoms with Crippen LogP contribution < -0.4 is 21.3 Å². The second-order valence-corrected chi connectivity index (χ2v) is 11.3. The highest BCUT2D eigenvalue weighted by Crippen LogP contribution is 2.47. The van der Waals surface area contributed by atoms with E-state index in [0.717, 1.165) is 18.1 Å². The maximum absolute atomic E-state index is 12.8. The van der Waals surface area contributed by atoms with Crippen LogP contribution in [0.2, 0.25) is 0 Å².